The van der Waals surface area contributed by atoms with Gasteiger partial charge in [0.05, 0.1) is 18.8 Å². The minimum absolute atomic E-state index is 0.172. The van der Waals surface area contributed by atoms with Gasteiger partial charge in [-0.05, 0) is 24.7 Å². The fourth-order valence-corrected chi connectivity index (χ4v) is 4.81. The number of hydrogen-bond acceptors (Lipinski definition) is 14. The molecule has 0 spiro atoms. The number of ether oxygens (including phenoxy) is 6. The van der Waals surface area contributed by atoms with E-state index in [0.717, 1.165) is 0 Å². The molecule has 2 saturated heterocycles. The van der Waals surface area contributed by atoms with E-state index in [4.69, 9.17) is 33.5 Å². The standard InChI is InChI=1S/C18H28O9.C10H20O5/c1-9(2)7-14-16(24-11(4)20)18(26-13(6)22)17(25-12(5)21)15(27-14)8-23-10(3)19;1-5(2)3-6-8(12)10(14)9(13)7(4-11)15-6/h9,14-18H,7-8H2,1-6H3;5-14H,3-4H2,1-2H3. The van der Waals surface area contributed by atoms with Crippen molar-refractivity contribution in [2.75, 3.05) is 13.2 Å². The normalized spacial score (nSPS) is 32.8. The van der Waals surface area contributed by atoms with Crippen LogP contribution in [0.25, 0.3) is 0 Å². The van der Waals surface area contributed by atoms with Gasteiger partial charge in [0.2, 0.25) is 0 Å². The highest BCUT2D eigenvalue weighted by Crippen LogP contribution is 2.32. The first-order valence-corrected chi connectivity index (χ1v) is 14.1. The van der Waals surface area contributed by atoms with Crippen LogP contribution in [0.5, 0.6) is 0 Å². The van der Waals surface area contributed by atoms with Crippen LogP contribution in [0.1, 0.15) is 68.2 Å². The molecule has 2 aliphatic heterocycles. The average molecular weight is 609 g/mol. The van der Waals surface area contributed by atoms with Crippen LogP contribution in [0.2, 0.25) is 0 Å². The third kappa shape index (κ3) is 12.1. The van der Waals surface area contributed by atoms with Gasteiger partial charge in [0, 0.05) is 27.7 Å². The Morgan fingerprint density at radius 2 is 1.00 bits per heavy atom. The fourth-order valence-electron chi connectivity index (χ4n) is 4.81. The van der Waals surface area contributed by atoms with Crippen LogP contribution < -0.4 is 0 Å². The molecule has 0 aromatic rings. The molecule has 14 heteroatoms. The zero-order valence-electron chi connectivity index (χ0n) is 25.6. The molecule has 14 nitrogen and oxygen atoms in total. The van der Waals surface area contributed by atoms with Crippen molar-refractivity contribution in [3.63, 3.8) is 0 Å². The maximum Gasteiger partial charge on any atom is 0.303 e. The van der Waals surface area contributed by atoms with Crippen molar-refractivity contribution in [2.24, 2.45) is 11.8 Å². The molecule has 10 unspecified atom stereocenters. The molecular formula is C28H48O14. The summed E-state index contributed by atoms with van der Waals surface area (Å²) in [5.41, 5.74) is 0. The van der Waals surface area contributed by atoms with Gasteiger partial charge in [0.15, 0.2) is 18.3 Å². The fraction of sp³-hybridized carbons (Fsp3) is 0.857. The number of carbonyl (C=O) groups is 4. The average Bonchev–Trinajstić information content (AvgIpc) is 2.85. The summed E-state index contributed by atoms with van der Waals surface area (Å²) in [6.07, 6.45) is -8.51. The van der Waals surface area contributed by atoms with Crippen molar-refractivity contribution < 1.29 is 68.0 Å². The van der Waals surface area contributed by atoms with Gasteiger partial charge >= 0.3 is 23.9 Å². The van der Waals surface area contributed by atoms with Gasteiger partial charge < -0.3 is 48.8 Å². The highest BCUT2D eigenvalue weighted by Gasteiger charge is 2.52. The van der Waals surface area contributed by atoms with Crippen LogP contribution in [-0.4, -0.2) is 119 Å². The van der Waals surface area contributed by atoms with Crippen molar-refractivity contribution >= 4 is 23.9 Å². The number of aliphatic hydroxyl groups excluding tert-OH is 4. The first kappa shape index (κ1) is 37.7. The van der Waals surface area contributed by atoms with E-state index < -0.39 is 84.9 Å². The summed E-state index contributed by atoms with van der Waals surface area (Å²) in [4.78, 5) is 46.0. The Morgan fingerprint density at radius 1 is 0.595 bits per heavy atom. The molecule has 0 amide bonds. The van der Waals surface area contributed by atoms with Gasteiger partial charge in [-0.2, -0.15) is 0 Å². The van der Waals surface area contributed by atoms with Gasteiger partial charge in [-0.3, -0.25) is 19.2 Å². The molecule has 0 aromatic heterocycles. The van der Waals surface area contributed by atoms with Crippen LogP contribution in [0, 0.1) is 11.8 Å². The summed E-state index contributed by atoms with van der Waals surface area (Å²) >= 11 is 0. The minimum Gasteiger partial charge on any atom is -0.463 e. The Labute approximate surface area is 246 Å². The first-order chi connectivity index (χ1) is 19.5. The number of rotatable bonds is 10. The van der Waals surface area contributed by atoms with E-state index in [2.05, 4.69) is 0 Å². The molecule has 0 aromatic carbocycles. The molecule has 0 aliphatic carbocycles. The Morgan fingerprint density at radius 3 is 1.43 bits per heavy atom. The lowest BCUT2D eigenvalue weighted by atomic mass is 9.90. The number of aliphatic hydroxyl groups is 4. The van der Waals surface area contributed by atoms with Crippen LogP contribution in [-0.2, 0) is 47.6 Å². The Bertz CT molecular complexity index is 875. The molecule has 0 bridgehead atoms. The van der Waals surface area contributed by atoms with E-state index in [9.17, 15) is 34.5 Å². The second-order valence-electron chi connectivity index (χ2n) is 11.4. The summed E-state index contributed by atoms with van der Waals surface area (Å²) in [6.45, 7) is 12.1. The van der Waals surface area contributed by atoms with Crippen LogP contribution in [0.4, 0.5) is 0 Å². The molecule has 2 aliphatic rings. The van der Waals surface area contributed by atoms with Crippen molar-refractivity contribution in [3.8, 4) is 0 Å². The van der Waals surface area contributed by atoms with Crippen molar-refractivity contribution in [1.82, 2.24) is 0 Å². The largest absolute Gasteiger partial charge is 0.463 e. The van der Waals surface area contributed by atoms with Crippen LogP contribution >= 0.6 is 0 Å². The Hall–Kier alpha value is -2.36. The summed E-state index contributed by atoms with van der Waals surface area (Å²) < 4.78 is 32.3. The molecule has 4 N–H and O–H groups in total. The lowest BCUT2D eigenvalue weighted by Gasteiger charge is -2.45. The van der Waals surface area contributed by atoms with Crippen molar-refractivity contribution in [2.45, 2.75) is 129 Å². The summed E-state index contributed by atoms with van der Waals surface area (Å²) in [6, 6.07) is 0. The minimum atomic E-state index is -1.25. The van der Waals surface area contributed by atoms with E-state index in [1.54, 1.807) is 0 Å². The quantitative estimate of drug-likeness (QED) is 0.191. The molecule has 0 saturated carbocycles. The zero-order chi connectivity index (χ0) is 32.3. The predicted molar refractivity (Wildman–Crippen MR) is 145 cm³/mol. The van der Waals surface area contributed by atoms with Gasteiger partial charge in [-0.15, -0.1) is 0 Å². The topological polar surface area (TPSA) is 205 Å². The number of carbonyl (C=O) groups excluding carboxylic acids is 4. The summed E-state index contributed by atoms with van der Waals surface area (Å²) in [5, 5.41) is 37.6. The van der Waals surface area contributed by atoms with Gasteiger partial charge in [-0.25, -0.2) is 0 Å². The van der Waals surface area contributed by atoms with E-state index in [1.807, 2.05) is 27.7 Å². The molecule has 10 atom stereocenters. The van der Waals surface area contributed by atoms with Gasteiger partial charge in [-0.1, -0.05) is 27.7 Å². The molecule has 2 fully saturated rings. The van der Waals surface area contributed by atoms with E-state index >= 15 is 0 Å². The van der Waals surface area contributed by atoms with Crippen LogP contribution in [0.3, 0.4) is 0 Å². The van der Waals surface area contributed by atoms with Crippen molar-refractivity contribution in [1.29, 1.82) is 0 Å². The first-order valence-electron chi connectivity index (χ1n) is 14.1. The van der Waals surface area contributed by atoms with E-state index in [0.29, 0.717) is 18.8 Å². The highest BCUT2D eigenvalue weighted by molar-refractivity contribution is 5.68. The molecule has 0 radical (unpaired) electrons. The summed E-state index contributed by atoms with van der Waals surface area (Å²) in [5.74, 6) is -1.92. The predicted octanol–water partition coefficient (Wildman–Crippen LogP) is 0.0330. The number of esters is 4. The summed E-state index contributed by atoms with van der Waals surface area (Å²) in [7, 11) is 0. The molecular weight excluding hydrogens is 560 g/mol. The maximum atomic E-state index is 11.6. The lowest BCUT2D eigenvalue weighted by molar-refractivity contribution is -0.254. The van der Waals surface area contributed by atoms with Crippen molar-refractivity contribution in [3.05, 3.63) is 0 Å². The van der Waals surface area contributed by atoms with Gasteiger partial charge in [0.1, 0.15) is 37.1 Å². The van der Waals surface area contributed by atoms with E-state index in [-0.39, 0.29) is 19.1 Å². The highest BCUT2D eigenvalue weighted by atomic mass is 16.7. The maximum absolute atomic E-state index is 11.6. The Balaban J connectivity index is 0.000000495. The van der Waals surface area contributed by atoms with E-state index in [1.165, 1.54) is 27.7 Å². The molecule has 2 heterocycles. The number of hydrogen-bond donors (Lipinski definition) is 4. The molecule has 42 heavy (non-hydrogen) atoms. The third-order valence-electron chi connectivity index (χ3n) is 6.49. The van der Waals surface area contributed by atoms with Gasteiger partial charge in [0.25, 0.3) is 0 Å². The smallest absolute Gasteiger partial charge is 0.303 e. The van der Waals surface area contributed by atoms with Crippen LogP contribution in [0.15, 0.2) is 0 Å². The second kappa shape index (κ2) is 17.7. The lowest BCUT2D eigenvalue weighted by Crippen LogP contribution is -2.62. The Kier molecular flexibility index (Phi) is 15.9. The SMILES string of the molecule is CC(=O)OCC1OC(CC(C)C)C(OC(C)=O)C(OC(C)=O)C1OC(C)=O.CC(C)CC1OC(CO)C(O)C(O)C1O. The molecule has 2 rings (SSSR count). The third-order valence-corrected chi connectivity index (χ3v) is 6.49. The molecule has 244 valence electrons. The second-order valence-corrected chi connectivity index (χ2v) is 11.4. The zero-order valence-corrected chi connectivity index (χ0v) is 25.6. The monoisotopic (exact) mass is 608 g/mol.